The highest BCUT2D eigenvalue weighted by atomic mass is 35.5. The van der Waals surface area contributed by atoms with Crippen LogP contribution >= 0.6 is 11.6 Å². The summed E-state index contributed by atoms with van der Waals surface area (Å²) in [5, 5.41) is 3.52. The van der Waals surface area contributed by atoms with Crippen molar-refractivity contribution in [3.63, 3.8) is 0 Å². The fourth-order valence-corrected chi connectivity index (χ4v) is 2.18. The van der Waals surface area contributed by atoms with Crippen LogP contribution in [0.15, 0.2) is 12.1 Å². The van der Waals surface area contributed by atoms with Gasteiger partial charge in [-0.2, -0.15) is 0 Å². The first-order chi connectivity index (χ1) is 6.58. The molecule has 1 aromatic rings. The Hall–Kier alpha value is -1.02. The number of benzene rings is 1. The minimum absolute atomic E-state index is 0.00986. The first kappa shape index (κ1) is 9.53. The van der Waals surface area contributed by atoms with Crippen molar-refractivity contribution in [3.8, 4) is 0 Å². The Morgan fingerprint density at radius 2 is 2.21 bits per heavy atom. The first-order valence-electron chi connectivity index (χ1n) is 4.68. The monoisotopic (exact) mass is 209 g/mol. The second kappa shape index (κ2) is 3.28. The van der Waals surface area contributed by atoms with Gasteiger partial charge in [0.1, 0.15) is 0 Å². The summed E-state index contributed by atoms with van der Waals surface area (Å²) in [6, 6.07) is 3.87. The van der Waals surface area contributed by atoms with Crippen LogP contribution in [-0.2, 0) is 6.42 Å². The van der Waals surface area contributed by atoms with Gasteiger partial charge in [-0.3, -0.25) is 4.79 Å². The molecular weight excluding hydrogens is 198 g/mol. The molecule has 14 heavy (non-hydrogen) atoms. The maximum atomic E-state index is 11.6. The van der Waals surface area contributed by atoms with Gasteiger partial charge in [-0.05, 0) is 43.5 Å². The Balaban J connectivity index is 2.59. The molecule has 1 aliphatic rings. The van der Waals surface area contributed by atoms with E-state index in [9.17, 15) is 4.79 Å². The number of carbonyl (C=O) groups excluding carboxylic acids is 1. The minimum atomic E-state index is -0.00986. The molecule has 1 aromatic carbocycles. The molecule has 74 valence electrons. The Labute approximate surface area is 88.3 Å². The van der Waals surface area contributed by atoms with E-state index < -0.39 is 0 Å². The van der Waals surface area contributed by atoms with Crippen LogP contribution in [-0.4, -0.2) is 11.9 Å². The van der Waals surface area contributed by atoms with Gasteiger partial charge in [0.15, 0.2) is 0 Å². The second-order valence-corrected chi connectivity index (χ2v) is 4.26. The molecule has 3 heteroatoms. The fourth-order valence-electron chi connectivity index (χ4n) is 1.91. The third-order valence-electron chi connectivity index (χ3n) is 2.57. The molecule has 1 unspecified atom stereocenters. The van der Waals surface area contributed by atoms with Crippen LogP contribution < -0.4 is 5.32 Å². The molecule has 0 spiro atoms. The summed E-state index contributed by atoms with van der Waals surface area (Å²) in [5.41, 5.74) is 2.97. The summed E-state index contributed by atoms with van der Waals surface area (Å²) in [6.07, 6.45) is 0.893. The lowest BCUT2D eigenvalue weighted by molar-refractivity contribution is 0.0929. The highest BCUT2D eigenvalue weighted by molar-refractivity contribution is 6.31. The van der Waals surface area contributed by atoms with Gasteiger partial charge in [-0.25, -0.2) is 0 Å². The molecule has 1 atom stereocenters. The highest BCUT2D eigenvalue weighted by Crippen LogP contribution is 2.24. The lowest BCUT2D eigenvalue weighted by Gasteiger charge is -2.24. The lowest BCUT2D eigenvalue weighted by atomic mass is 9.92. The number of aryl methyl sites for hydroxylation is 1. The van der Waals surface area contributed by atoms with E-state index >= 15 is 0 Å². The summed E-state index contributed by atoms with van der Waals surface area (Å²) in [7, 11) is 0. The van der Waals surface area contributed by atoms with Crippen molar-refractivity contribution in [2.75, 3.05) is 0 Å². The van der Waals surface area contributed by atoms with E-state index in [1.807, 2.05) is 19.9 Å². The van der Waals surface area contributed by atoms with E-state index in [-0.39, 0.29) is 11.9 Å². The second-order valence-electron chi connectivity index (χ2n) is 3.83. The van der Waals surface area contributed by atoms with E-state index in [0.717, 1.165) is 23.1 Å². The largest absolute Gasteiger partial charge is 0.349 e. The van der Waals surface area contributed by atoms with E-state index in [0.29, 0.717) is 5.02 Å². The molecule has 0 aromatic heterocycles. The third-order valence-corrected chi connectivity index (χ3v) is 2.79. The van der Waals surface area contributed by atoms with Gasteiger partial charge in [-0.15, -0.1) is 0 Å². The van der Waals surface area contributed by atoms with Crippen molar-refractivity contribution in [2.45, 2.75) is 26.3 Å². The summed E-state index contributed by atoms with van der Waals surface area (Å²) in [5.74, 6) is -0.00986. The van der Waals surface area contributed by atoms with Gasteiger partial charge < -0.3 is 5.32 Å². The van der Waals surface area contributed by atoms with Crippen molar-refractivity contribution in [1.29, 1.82) is 0 Å². The standard InChI is InChI=1S/C11H12ClNO/c1-6-3-8(12)5-10-9(6)4-7(2)13-11(10)14/h3,5,7H,4H2,1-2H3,(H,13,14). The van der Waals surface area contributed by atoms with Crippen LogP contribution in [0.1, 0.15) is 28.4 Å². The topological polar surface area (TPSA) is 29.1 Å². The van der Waals surface area contributed by atoms with Crippen molar-refractivity contribution < 1.29 is 4.79 Å². The number of rotatable bonds is 0. The molecule has 0 bridgehead atoms. The zero-order valence-electron chi connectivity index (χ0n) is 8.23. The predicted octanol–water partition coefficient (Wildman–Crippen LogP) is 2.32. The van der Waals surface area contributed by atoms with Gasteiger partial charge >= 0.3 is 0 Å². The van der Waals surface area contributed by atoms with Crippen LogP contribution in [0.25, 0.3) is 0 Å². The summed E-state index contributed by atoms with van der Waals surface area (Å²) < 4.78 is 0. The Morgan fingerprint density at radius 1 is 1.50 bits per heavy atom. The molecule has 1 amide bonds. The fraction of sp³-hybridized carbons (Fsp3) is 0.364. The quantitative estimate of drug-likeness (QED) is 0.698. The molecule has 0 saturated heterocycles. The molecule has 1 N–H and O–H groups in total. The summed E-state index contributed by atoms with van der Waals surface area (Å²) in [6.45, 7) is 4.00. The molecular formula is C11H12ClNO. The molecule has 1 heterocycles. The average Bonchev–Trinajstić information content (AvgIpc) is 2.07. The zero-order chi connectivity index (χ0) is 10.3. The number of nitrogens with one attached hydrogen (secondary N) is 1. The number of carbonyl (C=O) groups is 1. The lowest BCUT2D eigenvalue weighted by Crippen LogP contribution is -2.39. The van der Waals surface area contributed by atoms with Gasteiger partial charge in [0, 0.05) is 16.6 Å². The molecule has 2 rings (SSSR count). The van der Waals surface area contributed by atoms with Gasteiger partial charge in [-0.1, -0.05) is 11.6 Å². The van der Waals surface area contributed by atoms with Crippen molar-refractivity contribution >= 4 is 17.5 Å². The normalized spacial score (nSPS) is 20.2. The Kier molecular flexibility index (Phi) is 2.23. The van der Waals surface area contributed by atoms with Crippen LogP contribution in [0.5, 0.6) is 0 Å². The minimum Gasteiger partial charge on any atom is -0.349 e. The van der Waals surface area contributed by atoms with E-state index in [4.69, 9.17) is 11.6 Å². The van der Waals surface area contributed by atoms with Gasteiger partial charge in [0.2, 0.25) is 0 Å². The number of hydrogen-bond donors (Lipinski definition) is 1. The smallest absolute Gasteiger partial charge is 0.251 e. The molecule has 0 fully saturated rings. The Bertz CT molecular complexity index is 401. The predicted molar refractivity (Wildman–Crippen MR) is 56.8 cm³/mol. The van der Waals surface area contributed by atoms with Crippen molar-refractivity contribution in [3.05, 3.63) is 33.8 Å². The number of halogens is 1. The molecule has 0 aliphatic carbocycles. The number of hydrogen-bond acceptors (Lipinski definition) is 1. The van der Waals surface area contributed by atoms with Crippen molar-refractivity contribution in [2.24, 2.45) is 0 Å². The maximum absolute atomic E-state index is 11.6. The third kappa shape index (κ3) is 1.50. The first-order valence-corrected chi connectivity index (χ1v) is 5.05. The summed E-state index contributed by atoms with van der Waals surface area (Å²) >= 11 is 5.90. The SMILES string of the molecule is Cc1cc(Cl)cc2c1CC(C)NC2=O. The molecule has 2 nitrogen and oxygen atoms in total. The number of fused-ring (bicyclic) bond motifs is 1. The molecule has 1 aliphatic heterocycles. The van der Waals surface area contributed by atoms with Crippen LogP contribution in [0, 0.1) is 6.92 Å². The van der Waals surface area contributed by atoms with Crippen LogP contribution in [0.2, 0.25) is 5.02 Å². The van der Waals surface area contributed by atoms with E-state index in [1.165, 1.54) is 0 Å². The van der Waals surface area contributed by atoms with Gasteiger partial charge in [0.25, 0.3) is 5.91 Å². The zero-order valence-corrected chi connectivity index (χ0v) is 8.98. The maximum Gasteiger partial charge on any atom is 0.251 e. The van der Waals surface area contributed by atoms with Crippen LogP contribution in [0.4, 0.5) is 0 Å². The average molecular weight is 210 g/mol. The highest BCUT2D eigenvalue weighted by Gasteiger charge is 2.22. The van der Waals surface area contributed by atoms with Gasteiger partial charge in [0.05, 0.1) is 0 Å². The Morgan fingerprint density at radius 3 is 2.93 bits per heavy atom. The number of amides is 1. The molecule has 0 radical (unpaired) electrons. The molecule has 0 saturated carbocycles. The summed E-state index contributed by atoms with van der Waals surface area (Å²) in [4.78, 5) is 11.6. The van der Waals surface area contributed by atoms with E-state index in [1.54, 1.807) is 6.07 Å². The van der Waals surface area contributed by atoms with Crippen molar-refractivity contribution in [1.82, 2.24) is 5.32 Å². The van der Waals surface area contributed by atoms with Crippen LogP contribution in [0.3, 0.4) is 0 Å². The van der Waals surface area contributed by atoms with E-state index in [2.05, 4.69) is 5.32 Å².